The number of rotatable bonds is 3. The number of methoxy groups -OCH3 is 1. The Bertz CT molecular complexity index is 516. The van der Waals surface area contributed by atoms with Gasteiger partial charge in [-0.1, -0.05) is 22.4 Å². The third-order valence-electron chi connectivity index (χ3n) is 2.48. The molecule has 0 saturated carbocycles. The zero-order valence-corrected chi connectivity index (χ0v) is 9.86. The van der Waals surface area contributed by atoms with Gasteiger partial charge in [0.1, 0.15) is 5.75 Å². The second kappa shape index (κ2) is 4.44. The summed E-state index contributed by atoms with van der Waals surface area (Å²) in [6.45, 7) is 2.03. The van der Waals surface area contributed by atoms with Crippen molar-refractivity contribution < 1.29 is 4.74 Å². The molecule has 84 valence electrons. The number of hydrogen-bond acceptors (Lipinski definition) is 4. The Hall–Kier alpha value is -1.69. The largest absolute Gasteiger partial charge is 0.497 e. The molecule has 2 rings (SSSR count). The number of aromatic nitrogens is 4. The summed E-state index contributed by atoms with van der Waals surface area (Å²) in [7, 11) is 1.65. The van der Waals surface area contributed by atoms with E-state index in [9.17, 15) is 0 Å². The summed E-state index contributed by atoms with van der Waals surface area (Å²) in [5, 5.41) is 10.2. The van der Waals surface area contributed by atoms with Crippen molar-refractivity contribution in [2.75, 3.05) is 7.11 Å². The van der Waals surface area contributed by atoms with Crippen LogP contribution in [0.15, 0.2) is 24.3 Å². The zero-order chi connectivity index (χ0) is 11.5. The Morgan fingerprint density at radius 1 is 1.38 bits per heavy atom. The highest BCUT2D eigenvalue weighted by molar-refractivity contribution is 7.71. The lowest BCUT2D eigenvalue weighted by Gasteiger charge is -2.12. The van der Waals surface area contributed by atoms with Gasteiger partial charge in [0.2, 0.25) is 4.77 Å². The zero-order valence-electron chi connectivity index (χ0n) is 9.04. The molecule has 0 spiro atoms. The Kier molecular flexibility index (Phi) is 3.00. The maximum Gasteiger partial charge on any atom is 0.238 e. The average Bonchev–Trinajstić information content (AvgIpc) is 2.75. The summed E-state index contributed by atoms with van der Waals surface area (Å²) < 4.78 is 7.28. The molecule has 1 heterocycles. The second-order valence-electron chi connectivity index (χ2n) is 3.40. The lowest BCUT2D eigenvalue weighted by atomic mass is 10.1. The molecule has 0 aliphatic rings. The summed E-state index contributed by atoms with van der Waals surface area (Å²) in [4.78, 5) is 0. The van der Waals surface area contributed by atoms with E-state index in [1.54, 1.807) is 11.8 Å². The average molecular weight is 236 g/mol. The van der Waals surface area contributed by atoms with E-state index in [1.165, 1.54) is 0 Å². The normalized spacial score (nSPS) is 12.4. The first-order valence-corrected chi connectivity index (χ1v) is 5.26. The van der Waals surface area contributed by atoms with Gasteiger partial charge in [0, 0.05) is 0 Å². The lowest BCUT2D eigenvalue weighted by molar-refractivity contribution is 0.414. The third kappa shape index (κ3) is 1.96. The fourth-order valence-corrected chi connectivity index (χ4v) is 1.73. The van der Waals surface area contributed by atoms with Gasteiger partial charge in [0.05, 0.1) is 13.2 Å². The molecule has 2 aromatic rings. The van der Waals surface area contributed by atoms with Crippen molar-refractivity contribution in [3.63, 3.8) is 0 Å². The smallest absolute Gasteiger partial charge is 0.238 e. The van der Waals surface area contributed by atoms with Crippen molar-refractivity contribution in [1.29, 1.82) is 0 Å². The van der Waals surface area contributed by atoms with Gasteiger partial charge in [-0.15, -0.1) is 0 Å². The van der Waals surface area contributed by atoms with Gasteiger partial charge in [0.25, 0.3) is 0 Å². The van der Waals surface area contributed by atoms with Crippen LogP contribution in [0.5, 0.6) is 5.75 Å². The molecule has 0 aliphatic carbocycles. The fourth-order valence-electron chi connectivity index (χ4n) is 1.49. The molecule has 1 atom stereocenters. The molecule has 0 amide bonds. The van der Waals surface area contributed by atoms with E-state index in [0.29, 0.717) is 4.77 Å². The third-order valence-corrected chi connectivity index (χ3v) is 2.76. The van der Waals surface area contributed by atoms with Gasteiger partial charge in [-0.25, -0.2) is 4.68 Å². The number of hydrogen-bond donors (Lipinski definition) is 1. The molecule has 16 heavy (non-hydrogen) atoms. The van der Waals surface area contributed by atoms with Crippen molar-refractivity contribution in [2.24, 2.45) is 0 Å². The topological polar surface area (TPSA) is 55.7 Å². The van der Waals surface area contributed by atoms with Crippen LogP contribution in [0.1, 0.15) is 18.5 Å². The highest BCUT2D eigenvalue weighted by Gasteiger charge is 2.09. The molecule has 1 N–H and O–H groups in total. The molecule has 0 radical (unpaired) electrons. The van der Waals surface area contributed by atoms with Gasteiger partial charge in [0.15, 0.2) is 0 Å². The lowest BCUT2D eigenvalue weighted by Crippen LogP contribution is -2.08. The molecule has 6 heteroatoms. The first-order valence-electron chi connectivity index (χ1n) is 4.86. The van der Waals surface area contributed by atoms with E-state index in [0.717, 1.165) is 11.3 Å². The van der Waals surface area contributed by atoms with Gasteiger partial charge in [-0.2, -0.15) is 5.21 Å². The quantitative estimate of drug-likeness (QED) is 0.828. The van der Waals surface area contributed by atoms with Crippen molar-refractivity contribution in [2.45, 2.75) is 13.0 Å². The van der Waals surface area contributed by atoms with Crippen molar-refractivity contribution in [3.8, 4) is 5.75 Å². The second-order valence-corrected chi connectivity index (χ2v) is 3.77. The molecule has 5 nitrogen and oxygen atoms in total. The van der Waals surface area contributed by atoms with Gasteiger partial charge in [-0.3, -0.25) is 0 Å². The minimum absolute atomic E-state index is 0.0772. The molecular formula is C10H12N4OS. The summed E-state index contributed by atoms with van der Waals surface area (Å²) >= 11 is 5.04. The maximum atomic E-state index is 5.10. The van der Waals surface area contributed by atoms with Gasteiger partial charge in [-0.05, 0) is 36.8 Å². The predicted octanol–water partition coefficient (Wildman–Crippen LogP) is 1.95. The van der Waals surface area contributed by atoms with Crippen LogP contribution in [0.4, 0.5) is 0 Å². The van der Waals surface area contributed by atoms with E-state index in [-0.39, 0.29) is 6.04 Å². The fraction of sp³-hybridized carbons (Fsp3) is 0.300. The number of benzene rings is 1. The summed E-state index contributed by atoms with van der Waals surface area (Å²) in [5.41, 5.74) is 1.11. The first-order chi connectivity index (χ1) is 7.72. The van der Waals surface area contributed by atoms with Gasteiger partial charge >= 0.3 is 0 Å². The highest BCUT2D eigenvalue weighted by atomic mass is 32.1. The van der Waals surface area contributed by atoms with E-state index < -0.39 is 0 Å². The van der Waals surface area contributed by atoms with E-state index in [1.807, 2.05) is 31.2 Å². The molecule has 0 saturated heterocycles. The molecule has 1 aromatic heterocycles. The van der Waals surface area contributed by atoms with Crippen molar-refractivity contribution >= 4 is 12.2 Å². The van der Waals surface area contributed by atoms with Crippen LogP contribution in [0.3, 0.4) is 0 Å². The molecular weight excluding hydrogens is 224 g/mol. The van der Waals surface area contributed by atoms with Crippen LogP contribution < -0.4 is 4.74 Å². The van der Waals surface area contributed by atoms with Crippen molar-refractivity contribution in [3.05, 3.63) is 34.6 Å². The molecule has 1 unspecified atom stereocenters. The molecule has 0 fully saturated rings. The van der Waals surface area contributed by atoms with E-state index in [2.05, 4.69) is 15.5 Å². The van der Waals surface area contributed by atoms with Crippen LogP contribution in [-0.2, 0) is 0 Å². The number of H-pyrrole nitrogens is 1. The Morgan fingerprint density at radius 3 is 2.56 bits per heavy atom. The predicted molar refractivity (Wildman–Crippen MR) is 62.0 cm³/mol. The summed E-state index contributed by atoms with van der Waals surface area (Å²) in [6.07, 6.45) is 0. The number of ether oxygens (including phenoxy) is 1. The van der Waals surface area contributed by atoms with E-state index in [4.69, 9.17) is 17.0 Å². The van der Waals surface area contributed by atoms with Crippen LogP contribution in [0, 0.1) is 4.77 Å². The van der Waals surface area contributed by atoms with Crippen LogP contribution in [0.25, 0.3) is 0 Å². The number of tetrazole rings is 1. The van der Waals surface area contributed by atoms with Gasteiger partial charge < -0.3 is 4.74 Å². The SMILES string of the molecule is COc1ccc(C(C)n2[nH]nnc2=S)cc1. The maximum absolute atomic E-state index is 5.10. The summed E-state index contributed by atoms with van der Waals surface area (Å²) in [6, 6.07) is 7.89. The minimum atomic E-state index is 0.0772. The van der Waals surface area contributed by atoms with Crippen LogP contribution >= 0.6 is 12.2 Å². The number of nitrogens with one attached hydrogen (secondary N) is 1. The van der Waals surface area contributed by atoms with E-state index >= 15 is 0 Å². The molecule has 0 aliphatic heterocycles. The Morgan fingerprint density at radius 2 is 2.06 bits per heavy atom. The first kappa shape index (κ1) is 10.8. The Labute approximate surface area is 98.0 Å². The highest BCUT2D eigenvalue weighted by Crippen LogP contribution is 2.19. The molecule has 1 aromatic carbocycles. The standard InChI is InChI=1S/C10H12N4OS/c1-7(14-10(16)11-12-13-14)8-3-5-9(15-2)6-4-8/h3-7H,1-2H3,(H,11,13,16). The monoisotopic (exact) mass is 236 g/mol. The molecule has 0 bridgehead atoms. The Balaban J connectivity index is 2.31. The van der Waals surface area contributed by atoms with Crippen LogP contribution in [0.2, 0.25) is 0 Å². The van der Waals surface area contributed by atoms with Crippen LogP contribution in [-0.4, -0.2) is 27.3 Å². The number of nitrogens with zero attached hydrogens (tertiary/aromatic N) is 3. The van der Waals surface area contributed by atoms with Crippen molar-refractivity contribution in [1.82, 2.24) is 20.2 Å². The summed E-state index contributed by atoms with van der Waals surface area (Å²) in [5.74, 6) is 0.835. The minimum Gasteiger partial charge on any atom is -0.497 e. The number of aromatic amines is 1.